The van der Waals surface area contributed by atoms with Gasteiger partial charge in [0.2, 0.25) is 0 Å². The van der Waals surface area contributed by atoms with Gasteiger partial charge in [0, 0.05) is 23.0 Å². The van der Waals surface area contributed by atoms with Gasteiger partial charge < -0.3 is 10.6 Å². The fourth-order valence-electron chi connectivity index (χ4n) is 2.93. The van der Waals surface area contributed by atoms with Gasteiger partial charge in [0.1, 0.15) is 5.82 Å². The predicted molar refractivity (Wildman–Crippen MR) is 116 cm³/mol. The third-order valence-corrected chi connectivity index (χ3v) is 5.17. The molecule has 30 heavy (non-hydrogen) atoms. The molecular formula is C22H18Cl2FN3O2. The first-order chi connectivity index (χ1) is 14.3. The molecule has 1 heterocycles. The van der Waals surface area contributed by atoms with Gasteiger partial charge in [-0.3, -0.25) is 14.6 Å². The van der Waals surface area contributed by atoms with Crippen LogP contribution in [0.3, 0.4) is 0 Å². The number of hydrogen-bond donors (Lipinski definition) is 2. The van der Waals surface area contributed by atoms with Gasteiger partial charge in [0.15, 0.2) is 0 Å². The van der Waals surface area contributed by atoms with Crippen LogP contribution < -0.4 is 10.6 Å². The van der Waals surface area contributed by atoms with Crippen LogP contribution in [0.4, 0.5) is 10.1 Å². The van der Waals surface area contributed by atoms with E-state index in [4.69, 9.17) is 23.2 Å². The molecular weight excluding hydrogens is 428 g/mol. The summed E-state index contributed by atoms with van der Waals surface area (Å²) in [6.07, 6.45) is 3.02. The molecule has 0 saturated heterocycles. The molecule has 1 unspecified atom stereocenters. The van der Waals surface area contributed by atoms with Crippen LogP contribution in [-0.2, 0) is 0 Å². The maximum absolute atomic E-state index is 13.8. The highest BCUT2D eigenvalue weighted by molar-refractivity contribution is 6.35. The normalized spacial score (nSPS) is 11.6. The summed E-state index contributed by atoms with van der Waals surface area (Å²) in [5, 5.41) is 5.72. The number of hydrogen-bond acceptors (Lipinski definition) is 3. The van der Waals surface area contributed by atoms with Crippen molar-refractivity contribution >= 4 is 40.7 Å². The van der Waals surface area contributed by atoms with Crippen molar-refractivity contribution in [1.29, 1.82) is 0 Å². The van der Waals surface area contributed by atoms with E-state index in [1.54, 1.807) is 44.2 Å². The molecule has 0 radical (unpaired) electrons. The number of pyridine rings is 1. The van der Waals surface area contributed by atoms with Crippen molar-refractivity contribution in [3.63, 3.8) is 0 Å². The van der Waals surface area contributed by atoms with Crippen molar-refractivity contribution in [1.82, 2.24) is 10.3 Å². The number of para-hydroxylation sites is 1. The second-order valence-corrected chi connectivity index (χ2v) is 7.48. The number of anilines is 1. The number of carbonyl (C=O) groups is 2. The van der Waals surface area contributed by atoms with Gasteiger partial charge >= 0.3 is 0 Å². The molecule has 8 heteroatoms. The summed E-state index contributed by atoms with van der Waals surface area (Å²) in [4.78, 5) is 29.4. The molecule has 0 fully saturated rings. The highest BCUT2D eigenvalue weighted by Crippen LogP contribution is 2.29. The maximum atomic E-state index is 13.8. The molecule has 0 saturated carbocycles. The molecule has 2 amide bonds. The van der Waals surface area contributed by atoms with Crippen molar-refractivity contribution in [2.24, 2.45) is 0 Å². The SMILES string of the molecule is Cc1cccc(C(=O)NC(C)c2cc(F)c(Cl)cc2Cl)c1NC(=O)c1ccncc1. The lowest BCUT2D eigenvalue weighted by Gasteiger charge is -2.19. The van der Waals surface area contributed by atoms with Crippen LogP contribution in [0, 0.1) is 12.7 Å². The number of amides is 2. The maximum Gasteiger partial charge on any atom is 0.255 e. The first-order valence-corrected chi connectivity index (χ1v) is 9.79. The van der Waals surface area contributed by atoms with Gasteiger partial charge in [-0.05, 0) is 55.3 Å². The molecule has 0 bridgehead atoms. The number of nitrogens with one attached hydrogen (secondary N) is 2. The predicted octanol–water partition coefficient (Wildman–Crippen LogP) is 5.58. The zero-order valence-corrected chi connectivity index (χ0v) is 17.7. The minimum Gasteiger partial charge on any atom is -0.345 e. The molecule has 0 aliphatic carbocycles. The van der Waals surface area contributed by atoms with E-state index in [9.17, 15) is 14.0 Å². The molecule has 1 aromatic heterocycles. The number of aromatic nitrogens is 1. The lowest BCUT2D eigenvalue weighted by atomic mass is 10.0. The third-order valence-electron chi connectivity index (χ3n) is 4.55. The molecule has 3 aromatic rings. The van der Waals surface area contributed by atoms with Gasteiger partial charge in [-0.15, -0.1) is 0 Å². The number of nitrogens with zero attached hydrogens (tertiary/aromatic N) is 1. The number of benzene rings is 2. The molecule has 2 aromatic carbocycles. The average Bonchev–Trinajstić information content (AvgIpc) is 2.72. The zero-order valence-electron chi connectivity index (χ0n) is 16.2. The second-order valence-electron chi connectivity index (χ2n) is 6.67. The van der Waals surface area contributed by atoms with Crippen LogP contribution in [0.1, 0.15) is 44.8 Å². The Kier molecular flexibility index (Phi) is 6.70. The van der Waals surface area contributed by atoms with Gasteiger partial charge in [0.05, 0.1) is 22.3 Å². The summed E-state index contributed by atoms with van der Waals surface area (Å²) < 4.78 is 13.8. The molecule has 154 valence electrons. The van der Waals surface area contributed by atoms with E-state index >= 15 is 0 Å². The number of aryl methyl sites for hydroxylation is 1. The topological polar surface area (TPSA) is 71.1 Å². The third kappa shape index (κ3) is 4.78. The van der Waals surface area contributed by atoms with Crippen LogP contribution in [0.15, 0.2) is 54.9 Å². The van der Waals surface area contributed by atoms with Crippen molar-refractivity contribution in [2.75, 3.05) is 5.32 Å². The quantitative estimate of drug-likeness (QED) is 0.503. The van der Waals surface area contributed by atoms with Crippen molar-refractivity contribution in [3.05, 3.63) is 93.0 Å². The summed E-state index contributed by atoms with van der Waals surface area (Å²) in [6.45, 7) is 3.46. The Morgan fingerprint density at radius 3 is 2.43 bits per heavy atom. The number of halogens is 3. The van der Waals surface area contributed by atoms with Gasteiger partial charge in [-0.25, -0.2) is 4.39 Å². The van der Waals surface area contributed by atoms with E-state index in [0.29, 0.717) is 22.4 Å². The minimum atomic E-state index is -0.627. The lowest BCUT2D eigenvalue weighted by molar-refractivity contribution is 0.0940. The summed E-state index contributed by atoms with van der Waals surface area (Å²) in [7, 11) is 0. The molecule has 0 aliphatic rings. The number of rotatable bonds is 5. The van der Waals surface area contributed by atoms with Crippen molar-refractivity contribution in [3.8, 4) is 0 Å². The Balaban J connectivity index is 1.85. The standard InChI is InChI=1S/C22H18Cl2FN3O2/c1-12-4-3-5-15(20(12)28-21(29)14-6-8-26-9-7-14)22(30)27-13(2)16-10-19(25)18(24)11-17(16)23/h3-11,13H,1-2H3,(H,27,30)(H,28,29). The van der Waals surface area contributed by atoms with E-state index in [1.165, 1.54) is 24.5 Å². The largest absolute Gasteiger partial charge is 0.345 e. The van der Waals surface area contributed by atoms with Crippen LogP contribution in [0.5, 0.6) is 0 Å². The fraction of sp³-hybridized carbons (Fsp3) is 0.136. The van der Waals surface area contributed by atoms with Crippen LogP contribution >= 0.6 is 23.2 Å². The molecule has 3 rings (SSSR count). The van der Waals surface area contributed by atoms with Crippen molar-refractivity contribution in [2.45, 2.75) is 19.9 Å². The molecule has 2 N–H and O–H groups in total. The average molecular weight is 446 g/mol. The van der Waals surface area contributed by atoms with Gasteiger partial charge in [0.25, 0.3) is 11.8 Å². The Morgan fingerprint density at radius 1 is 1.03 bits per heavy atom. The Morgan fingerprint density at radius 2 is 1.73 bits per heavy atom. The fourth-order valence-corrected chi connectivity index (χ4v) is 3.48. The monoisotopic (exact) mass is 445 g/mol. The zero-order chi connectivity index (χ0) is 21.8. The molecule has 5 nitrogen and oxygen atoms in total. The van der Waals surface area contributed by atoms with E-state index < -0.39 is 17.8 Å². The lowest BCUT2D eigenvalue weighted by Crippen LogP contribution is -2.28. The highest BCUT2D eigenvalue weighted by atomic mass is 35.5. The second kappa shape index (κ2) is 9.24. The molecule has 0 aliphatic heterocycles. The number of carbonyl (C=O) groups excluding carboxylic acids is 2. The minimum absolute atomic E-state index is 0.0953. The van der Waals surface area contributed by atoms with Crippen LogP contribution in [-0.4, -0.2) is 16.8 Å². The highest BCUT2D eigenvalue weighted by Gasteiger charge is 2.20. The summed E-state index contributed by atoms with van der Waals surface area (Å²) in [5.41, 5.74) is 2.18. The molecule has 1 atom stereocenters. The van der Waals surface area contributed by atoms with Gasteiger partial charge in [-0.2, -0.15) is 0 Å². The summed E-state index contributed by atoms with van der Waals surface area (Å²) in [5.74, 6) is -1.43. The molecule has 0 spiro atoms. The van der Waals surface area contributed by atoms with E-state index in [1.807, 2.05) is 0 Å². The Bertz CT molecular complexity index is 1110. The smallest absolute Gasteiger partial charge is 0.255 e. The first-order valence-electron chi connectivity index (χ1n) is 9.04. The van der Waals surface area contributed by atoms with Crippen LogP contribution in [0.25, 0.3) is 0 Å². The van der Waals surface area contributed by atoms with Crippen molar-refractivity contribution < 1.29 is 14.0 Å². The Hall–Kier alpha value is -2.96. The Labute approximate surface area is 183 Å². The summed E-state index contributed by atoms with van der Waals surface area (Å²) in [6, 6.07) is 10.1. The van der Waals surface area contributed by atoms with E-state index in [-0.39, 0.29) is 21.5 Å². The summed E-state index contributed by atoms with van der Waals surface area (Å²) >= 11 is 11.9. The van der Waals surface area contributed by atoms with Crippen LogP contribution in [0.2, 0.25) is 10.0 Å². The van der Waals surface area contributed by atoms with Gasteiger partial charge in [-0.1, -0.05) is 35.3 Å². The first kappa shape index (κ1) is 21.7. The van der Waals surface area contributed by atoms with E-state index in [2.05, 4.69) is 15.6 Å². The van der Waals surface area contributed by atoms with E-state index in [0.717, 1.165) is 0 Å².